The molecule has 6 heteroatoms. The first-order valence-electron chi connectivity index (χ1n) is 5.81. The van der Waals surface area contributed by atoms with Gasteiger partial charge in [-0.3, -0.25) is 14.8 Å². The molecule has 1 amide bonds. The monoisotopic (exact) mass is 254 g/mol. The van der Waals surface area contributed by atoms with Gasteiger partial charge in [0.15, 0.2) is 0 Å². The van der Waals surface area contributed by atoms with Crippen LogP contribution in [0.25, 0.3) is 0 Å². The average Bonchev–Trinajstić information content (AvgIpc) is 2.94. The van der Waals surface area contributed by atoms with Gasteiger partial charge in [0, 0.05) is 37.0 Å². The number of amides is 1. The van der Waals surface area contributed by atoms with Crippen LogP contribution in [0.4, 0.5) is 0 Å². The summed E-state index contributed by atoms with van der Waals surface area (Å²) in [6.07, 6.45) is 2.86. The van der Waals surface area contributed by atoms with Crippen molar-refractivity contribution in [1.29, 1.82) is 0 Å². The molecule has 94 valence electrons. The van der Waals surface area contributed by atoms with Crippen LogP contribution in [-0.2, 0) is 24.8 Å². The number of thioether (sulfide) groups is 1. The molecule has 1 aliphatic rings. The molecule has 0 bridgehead atoms. The molecule has 1 unspecified atom stereocenters. The van der Waals surface area contributed by atoms with Crippen LogP contribution < -0.4 is 10.6 Å². The Hall–Kier alpha value is -1.01. The molecule has 0 spiro atoms. The van der Waals surface area contributed by atoms with Gasteiger partial charge in [-0.25, -0.2) is 0 Å². The molecule has 1 atom stereocenters. The summed E-state index contributed by atoms with van der Waals surface area (Å²) in [6.45, 7) is 2.64. The van der Waals surface area contributed by atoms with E-state index in [4.69, 9.17) is 0 Å². The maximum atomic E-state index is 11.8. The molecule has 1 aliphatic heterocycles. The van der Waals surface area contributed by atoms with Gasteiger partial charge in [-0.2, -0.15) is 5.10 Å². The van der Waals surface area contributed by atoms with E-state index < -0.39 is 0 Å². The molecule has 5 nitrogen and oxygen atoms in total. The summed E-state index contributed by atoms with van der Waals surface area (Å²) in [6, 6.07) is -0.0400. The van der Waals surface area contributed by atoms with Crippen molar-refractivity contribution < 1.29 is 4.79 Å². The Morgan fingerprint density at radius 1 is 1.76 bits per heavy atom. The van der Waals surface area contributed by atoms with Crippen LogP contribution in [0.5, 0.6) is 0 Å². The predicted octanol–water partition coefficient (Wildman–Crippen LogP) is 0.261. The van der Waals surface area contributed by atoms with E-state index in [1.54, 1.807) is 16.4 Å². The number of nitrogens with zero attached hydrogens (tertiary/aromatic N) is 2. The molecule has 2 N–H and O–H groups in total. The van der Waals surface area contributed by atoms with Gasteiger partial charge in [-0.05, 0) is 6.42 Å². The van der Waals surface area contributed by atoms with E-state index in [2.05, 4.69) is 22.7 Å². The van der Waals surface area contributed by atoms with Gasteiger partial charge in [-0.1, -0.05) is 6.92 Å². The Labute approximate surface area is 105 Å². The molecule has 2 rings (SSSR count). The molecule has 17 heavy (non-hydrogen) atoms. The van der Waals surface area contributed by atoms with E-state index in [0.29, 0.717) is 6.54 Å². The van der Waals surface area contributed by atoms with Gasteiger partial charge in [0.25, 0.3) is 0 Å². The number of aryl methyl sites for hydroxylation is 2. The average molecular weight is 254 g/mol. The molecule has 1 aromatic heterocycles. The van der Waals surface area contributed by atoms with Crippen molar-refractivity contribution in [2.75, 3.05) is 11.6 Å². The molecule has 0 aromatic carbocycles. The van der Waals surface area contributed by atoms with Crippen molar-refractivity contribution >= 4 is 17.7 Å². The van der Waals surface area contributed by atoms with Crippen molar-refractivity contribution in [3.63, 3.8) is 0 Å². The topological polar surface area (TPSA) is 59.0 Å². The predicted molar refractivity (Wildman–Crippen MR) is 68.7 cm³/mol. The fourth-order valence-corrected chi connectivity index (χ4v) is 2.84. The minimum atomic E-state index is -0.0400. The van der Waals surface area contributed by atoms with Gasteiger partial charge in [0.1, 0.15) is 0 Å². The van der Waals surface area contributed by atoms with Crippen LogP contribution in [0.1, 0.15) is 18.2 Å². The number of carbonyl (C=O) groups excluding carboxylic acids is 1. The maximum Gasteiger partial charge on any atom is 0.238 e. The van der Waals surface area contributed by atoms with Crippen molar-refractivity contribution in [2.24, 2.45) is 7.05 Å². The van der Waals surface area contributed by atoms with Gasteiger partial charge in [0.2, 0.25) is 5.91 Å². The van der Waals surface area contributed by atoms with Gasteiger partial charge in [0.05, 0.1) is 11.7 Å². The summed E-state index contributed by atoms with van der Waals surface area (Å²) >= 11 is 1.76. The third-order valence-electron chi connectivity index (χ3n) is 2.81. The number of rotatable bonds is 4. The van der Waals surface area contributed by atoms with E-state index in [1.165, 1.54) is 0 Å². The number of aromatic nitrogens is 2. The van der Waals surface area contributed by atoms with E-state index in [9.17, 15) is 4.79 Å². The number of nitrogens with one attached hydrogen (secondary N) is 2. The molecule has 0 radical (unpaired) electrons. The van der Waals surface area contributed by atoms with E-state index in [-0.39, 0.29) is 11.9 Å². The summed E-state index contributed by atoms with van der Waals surface area (Å²) in [5, 5.41) is 10.5. The van der Waals surface area contributed by atoms with E-state index in [0.717, 1.165) is 29.3 Å². The molecular weight excluding hydrogens is 236 g/mol. The number of hydrogen-bond donors (Lipinski definition) is 2. The smallest absolute Gasteiger partial charge is 0.238 e. The van der Waals surface area contributed by atoms with E-state index >= 15 is 0 Å². The minimum Gasteiger partial charge on any atom is -0.351 e. The maximum absolute atomic E-state index is 11.8. The fraction of sp³-hybridized carbons (Fsp3) is 0.636. The van der Waals surface area contributed by atoms with Crippen LogP contribution in [0.3, 0.4) is 0 Å². The Balaban J connectivity index is 1.90. The van der Waals surface area contributed by atoms with Crippen LogP contribution in [0, 0.1) is 0 Å². The highest BCUT2D eigenvalue weighted by atomic mass is 32.2. The Morgan fingerprint density at radius 2 is 2.59 bits per heavy atom. The summed E-state index contributed by atoms with van der Waals surface area (Å²) < 4.78 is 1.80. The van der Waals surface area contributed by atoms with Gasteiger partial charge in [-0.15, -0.1) is 11.8 Å². The second-order valence-electron chi connectivity index (χ2n) is 4.12. The molecular formula is C11H18N4OS. The van der Waals surface area contributed by atoms with Crippen LogP contribution in [-0.4, -0.2) is 33.4 Å². The zero-order chi connectivity index (χ0) is 12.3. The number of carbonyl (C=O) groups is 1. The van der Waals surface area contributed by atoms with Gasteiger partial charge >= 0.3 is 0 Å². The summed E-state index contributed by atoms with van der Waals surface area (Å²) in [4.78, 5) is 11.8. The summed E-state index contributed by atoms with van der Waals surface area (Å²) in [5.74, 6) is 1.81. The zero-order valence-corrected chi connectivity index (χ0v) is 11.0. The first-order valence-corrected chi connectivity index (χ1v) is 6.96. The normalized spacial score (nSPS) is 19.5. The number of hydrogen-bond acceptors (Lipinski definition) is 4. The fourth-order valence-electron chi connectivity index (χ4n) is 1.90. The molecule has 1 saturated heterocycles. The van der Waals surface area contributed by atoms with Crippen molar-refractivity contribution in [3.05, 3.63) is 17.5 Å². The lowest BCUT2D eigenvalue weighted by atomic mass is 10.2. The van der Waals surface area contributed by atoms with Crippen LogP contribution >= 0.6 is 11.8 Å². The van der Waals surface area contributed by atoms with Crippen molar-refractivity contribution in [3.8, 4) is 0 Å². The Bertz CT molecular complexity index is 398. The molecule has 0 saturated carbocycles. The van der Waals surface area contributed by atoms with E-state index in [1.807, 2.05) is 13.2 Å². The van der Waals surface area contributed by atoms with Crippen molar-refractivity contribution in [1.82, 2.24) is 20.4 Å². The zero-order valence-electron chi connectivity index (χ0n) is 10.2. The minimum absolute atomic E-state index is 0.0400. The lowest BCUT2D eigenvalue weighted by molar-refractivity contribution is -0.122. The van der Waals surface area contributed by atoms with Gasteiger partial charge < -0.3 is 5.32 Å². The van der Waals surface area contributed by atoms with Crippen LogP contribution in [0.2, 0.25) is 0 Å². The van der Waals surface area contributed by atoms with Crippen LogP contribution in [0.15, 0.2) is 6.20 Å². The summed E-state index contributed by atoms with van der Waals surface area (Å²) in [7, 11) is 1.90. The molecule has 1 fully saturated rings. The highest BCUT2D eigenvalue weighted by Gasteiger charge is 2.22. The largest absolute Gasteiger partial charge is 0.351 e. The first-order chi connectivity index (χ1) is 8.20. The molecule has 2 heterocycles. The SMILES string of the molecule is CCc1nn(C)cc1CNC(=O)C1CSCN1. The third-order valence-corrected chi connectivity index (χ3v) is 3.75. The lowest BCUT2D eigenvalue weighted by Crippen LogP contribution is -2.41. The summed E-state index contributed by atoms with van der Waals surface area (Å²) in [5.41, 5.74) is 2.16. The standard InChI is InChI=1S/C11H18N4OS/c1-3-9-8(5-15(2)14-9)4-12-11(16)10-6-17-7-13-10/h5,10,13H,3-4,6-7H2,1-2H3,(H,12,16). The first kappa shape index (κ1) is 12.4. The highest BCUT2D eigenvalue weighted by molar-refractivity contribution is 7.99. The quantitative estimate of drug-likeness (QED) is 0.809. The highest BCUT2D eigenvalue weighted by Crippen LogP contribution is 2.10. The Kier molecular flexibility index (Phi) is 4.06. The third kappa shape index (κ3) is 3.01. The Morgan fingerprint density at radius 3 is 3.24 bits per heavy atom. The second kappa shape index (κ2) is 5.55. The molecule has 0 aliphatic carbocycles. The lowest BCUT2D eigenvalue weighted by Gasteiger charge is -2.09. The second-order valence-corrected chi connectivity index (χ2v) is 5.15. The molecule has 1 aromatic rings. The van der Waals surface area contributed by atoms with Crippen molar-refractivity contribution in [2.45, 2.75) is 25.9 Å².